The molecule has 0 saturated carbocycles. The highest BCUT2D eigenvalue weighted by atomic mass is 16.6. The van der Waals surface area contributed by atoms with Gasteiger partial charge >= 0.3 is 6.09 Å². The lowest BCUT2D eigenvalue weighted by Gasteiger charge is -2.25. The molecule has 7 nitrogen and oxygen atoms in total. The van der Waals surface area contributed by atoms with E-state index in [0.29, 0.717) is 12.0 Å². The Balaban J connectivity index is 1.64. The summed E-state index contributed by atoms with van der Waals surface area (Å²) in [5.74, 6) is -0.594. The van der Waals surface area contributed by atoms with Crippen LogP contribution in [0.15, 0.2) is 60.7 Å². The molecule has 0 bridgehead atoms. The second kappa shape index (κ2) is 10.4. The van der Waals surface area contributed by atoms with E-state index in [0.717, 1.165) is 5.56 Å². The maximum absolute atomic E-state index is 12.9. The SMILES string of the molecule is CC(C)(C)O[C@@H]1C[C@@H](C(=O)NCC(=O)c2ccccc2)N(C(=O)OCc2ccccc2)C1. The number of nitrogens with zero attached hydrogens (tertiary/aromatic N) is 1. The van der Waals surface area contributed by atoms with E-state index in [-0.39, 0.29) is 31.6 Å². The van der Waals surface area contributed by atoms with Crippen molar-refractivity contribution in [3.8, 4) is 0 Å². The van der Waals surface area contributed by atoms with Gasteiger partial charge in [0.25, 0.3) is 0 Å². The van der Waals surface area contributed by atoms with Crippen molar-refractivity contribution in [3.63, 3.8) is 0 Å². The van der Waals surface area contributed by atoms with E-state index in [1.165, 1.54) is 4.90 Å². The molecule has 1 heterocycles. The molecule has 2 amide bonds. The molecule has 0 aromatic heterocycles. The largest absolute Gasteiger partial charge is 0.445 e. The van der Waals surface area contributed by atoms with Crippen LogP contribution in [0.1, 0.15) is 43.1 Å². The molecule has 32 heavy (non-hydrogen) atoms. The van der Waals surface area contributed by atoms with Crippen LogP contribution in [0.5, 0.6) is 0 Å². The predicted molar refractivity (Wildman–Crippen MR) is 120 cm³/mol. The highest BCUT2D eigenvalue weighted by Crippen LogP contribution is 2.25. The molecule has 0 spiro atoms. The number of hydrogen-bond donors (Lipinski definition) is 1. The zero-order valence-electron chi connectivity index (χ0n) is 18.7. The molecule has 1 aliphatic heterocycles. The lowest BCUT2D eigenvalue weighted by molar-refractivity contribution is -0.125. The van der Waals surface area contributed by atoms with Crippen molar-refractivity contribution in [2.24, 2.45) is 0 Å². The van der Waals surface area contributed by atoms with E-state index in [1.54, 1.807) is 24.3 Å². The molecule has 0 unspecified atom stereocenters. The van der Waals surface area contributed by atoms with Crippen LogP contribution in [-0.4, -0.2) is 53.5 Å². The van der Waals surface area contributed by atoms with Crippen molar-refractivity contribution in [1.82, 2.24) is 10.2 Å². The van der Waals surface area contributed by atoms with E-state index in [9.17, 15) is 14.4 Å². The van der Waals surface area contributed by atoms with E-state index in [4.69, 9.17) is 9.47 Å². The lowest BCUT2D eigenvalue weighted by atomic mass is 10.1. The van der Waals surface area contributed by atoms with E-state index in [2.05, 4.69) is 5.32 Å². The third kappa shape index (κ3) is 6.65. The number of likely N-dealkylation sites (tertiary alicyclic amines) is 1. The van der Waals surface area contributed by atoms with Gasteiger partial charge in [0, 0.05) is 12.0 Å². The van der Waals surface area contributed by atoms with E-state index >= 15 is 0 Å². The summed E-state index contributed by atoms with van der Waals surface area (Å²) in [6.45, 7) is 6.00. The van der Waals surface area contributed by atoms with E-state index < -0.39 is 23.6 Å². The monoisotopic (exact) mass is 438 g/mol. The molecule has 0 radical (unpaired) electrons. The lowest BCUT2D eigenvalue weighted by Crippen LogP contribution is -2.47. The normalized spacial score (nSPS) is 18.3. The summed E-state index contributed by atoms with van der Waals surface area (Å²) in [5, 5.41) is 2.67. The summed E-state index contributed by atoms with van der Waals surface area (Å²) in [7, 11) is 0. The molecule has 2 aromatic rings. The van der Waals surface area contributed by atoms with Crippen molar-refractivity contribution in [2.75, 3.05) is 13.1 Å². The van der Waals surface area contributed by atoms with Crippen molar-refractivity contribution in [3.05, 3.63) is 71.8 Å². The minimum atomic E-state index is -0.769. The van der Waals surface area contributed by atoms with Gasteiger partial charge in [-0.15, -0.1) is 0 Å². The molecule has 2 atom stereocenters. The van der Waals surface area contributed by atoms with E-state index in [1.807, 2.05) is 57.2 Å². The van der Waals surface area contributed by atoms with Gasteiger partial charge in [0.15, 0.2) is 5.78 Å². The quantitative estimate of drug-likeness (QED) is 0.668. The summed E-state index contributed by atoms with van der Waals surface area (Å²) >= 11 is 0. The molecular weight excluding hydrogens is 408 g/mol. The topological polar surface area (TPSA) is 84.9 Å². The fraction of sp³-hybridized carbons (Fsp3) is 0.400. The first-order valence-corrected chi connectivity index (χ1v) is 10.7. The van der Waals surface area contributed by atoms with Gasteiger partial charge in [0.2, 0.25) is 5.91 Å². The second-order valence-electron chi connectivity index (χ2n) is 8.80. The summed E-state index contributed by atoms with van der Waals surface area (Å²) in [4.78, 5) is 39.5. The number of carbonyl (C=O) groups is 3. The summed E-state index contributed by atoms with van der Waals surface area (Å²) < 4.78 is 11.5. The number of ketones is 1. The molecule has 1 N–H and O–H groups in total. The van der Waals surface area contributed by atoms with Gasteiger partial charge < -0.3 is 14.8 Å². The van der Waals surface area contributed by atoms with Gasteiger partial charge in [-0.1, -0.05) is 60.7 Å². The molecule has 3 rings (SSSR count). The number of rotatable bonds is 7. The summed E-state index contributed by atoms with van der Waals surface area (Å²) in [6.07, 6.45) is -0.550. The first-order chi connectivity index (χ1) is 15.2. The Labute approximate surface area is 188 Å². The predicted octanol–water partition coefficient (Wildman–Crippen LogP) is 3.58. The first-order valence-electron chi connectivity index (χ1n) is 10.7. The highest BCUT2D eigenvalue weighted by molar-refractivity contribution is 6.00. The van der Waals surface area contributed by atoms with Crippen molar-refractivity contribution in [1.29, 1.82) is 0 Å². The zero-order chi connectivity index (χ0) is 23.1. The average Bonchev–Trinajstić information content (AvgIpc) is 3.19. The Morgan fingerprint density at radius 3 is 2.25 bits per heavy atom. The number of nitrogens with one attached hydrogen (secondary N) is 1. The minimum absolute atomic E-state index is 0.113. The molecule has 1 aliphatic rings. The third-order valence-corrected chi connectivity index (χ3v) is 5.04. The molecule has 0 aliphatic carbocycles. The van der Waals surface area contributed by atoms with Crippen LogP contribution in [0.25, 0.3) is 0 Å². The Hall–Kier alpha value is -3.19. The number of ether oxygens (including phenoxy) is 2. The van der Waals surface area contributed by atoms with Crippen LogP contribution in [0, 0.1) is 0 Å². The van der Waals surface area contributed by atoms with Gasteiger partial charge in [-0.3, -0.25) is 14.5 Å². The number of Topliss-reactive ketones (excluding diaryl/α,β-unsaturated/α-hetero) is 1. The van der Waals surface area contributed by atoms with Gasteiger partial charge in [-0.25, -0.2) is 4.79 Å². The average molecular weight is 439 g/mol. The summed E-state index contributed by atoms with van der Waals surface area (Å²) in [6, 6.07) is 17.3. The maximum Gasteiger partial charge on any atom is 0.410 e. The Morgan fingerprint density at radius 1 is 1.00 bits per heavy atom. The van der Waals surface area contributed by atoms with Gasteiger partial charge in [0.1, 0.15) is 12.6 Å². The minimum Gasteiger partial charge on any atom is -0.445 e. The highest BCUT2D eigenvalue weighted by Gasteiger charge is 2.42. The van der Waals surface area contributed by atoms with Crippen molar-refractivity contribution < 1.29 is 23.9 Å². The van der Waals surface area contributed by atoms with Crippen LogP contribution >= 0.6 is 0 Å². The van der Waals surface area contributed by atoms with Crippen LogP contribution in [-0.2, 0) is 20.9 Å². The van der Waals surface area contributed by atoms with Crippen molar-refractivity contribution >= 4 is 17.8 Å². The molecular formula is C25H30N2O5. The summed E-state index contributed by atoms with van der Waals surface area (Å²) in [5.41, 5.74) is 0.961. The number of carbonyl (C=O) groups excluding carboxylic acids is 3. The van der Waals surface area contributed by atoms with Gasteiger partial charge in [-0.05, 0) is 26.3 Å². The second-order valence-corrected chi connectivity index (χ2v) is 8.80. The van der Waals surface area contributed by atoms with Crippen molar-refractivity contribution in [2.45, 2.75) is 51.5 Å². The third-order valence-electron chi connectivity index (χ3n) is 5.04. The number of benzene rings is 2. The standard InChI is InChI=1S/C25H30N2O5/c1-25(2,3)32-20-14-21(23(29)26-15-22(28)19-12-8-5-9-13-19)27(16-20)24(30)31-17-18-10-6-4-7-11-18/h4-13,20-21H,14-17H2,1-3H3,(H,26,29)/t20-,21+/m1/s1. The maximum atomic E-state index is 12.9. The molecule has 1 fully saturated rings. The molecule has 2 aromatic carbocycles. The molecule has 1 saturated heterocycles. The van der Waals surface area contributed by atoms with Crippen LogP contribution in [0.3, 0.4) is 0 Å². The molecule has 170 valence electrons. The fourth-order valence-electron chi connectivity index (χ4n) is 3.65. The van der Waals surface area contributed by atoms with Gasteiger partial charge in [-0.2, -0.15) is 0 Å². The smallest absolute Gasteiger partial charge is 0.410 e. The van der Waals surface area contributed by atoms with Crippen LogP contribution in [0.4, 0.5) is 4.79 Å². The van der Waals surface area contributed by atoms with Crippen LogP contribution in [0.2, 0.25) is 0 Å². The van der Waals surface area contributed by atoms with Gasteiger partial charge in [0.05, 0.1) is 24.8 Å². The Bertz CT molecular complexity index is 924. The Morgan fingerprint density at radius 2 is 1.62 bits per heavy atom. The molecule has 7 heteroatoms. The fourth-order valence-corrected chi connectivity index (χ4v) is 3.65. The first kappa shape index (κ1) is 23.5. The van der Waals surface area contributed by atoms with Crippen LogP contribution < -0.4 is 5.32 Å². The zero-order valence-corrected chi connectivity index (χ0v) is 18.7. The number of hydrogen-bond acceptors (Lipinski definition) is 5. The number of amides is 2. The Kier molecular flexibility index (Phi) is 7.64.